The Hall–Kier alpha value is -2.30. The van der Waals surface area contributed by atoms with Crippen molar-refractivity contribution in [2.75, 3.05) is 11.9 Å². The van der Waals surface area contributed by atoms with Crippen LogP contribution in [0.5, 0.6) is 0 Å². The maximum atomic E-state index is 13.6. The molecule has 3 rings (SSSR count). The molecule has 1 heterocycles. The zero-order valence-corrected chi connectivity index (χ0v) is 10.3. The van der Waals surface area contributed by atoms with E-state index in [9.17, 15) is 18.0 Å². The van der Waals surface area contributed by atoms with Crippen molar-refractivity contribution < 1.29 is 18.0 Å². The first-order chi connectivity index (χ1) is 9.58. The smallest absolute Gasteiger partial charge is 0.196 e. The summed E-state index contributed by atoms with van der Waals surface area (Å²) in [5.74, 6) is -5.06. The maximum Gasteiger partial charge on any atom is 0.196 e. The monoisotopic (exact) mass is 277 g/mol. The summed E-state index contributed by atoms with van der Waals surface area (Å²) in [6.07, 6.45) is 0.864. The molecule has 1 aliphatic rings. The van der Waals surface area contributed by atoms with Gasteiger partial charge in [0.1, 0.15) is 0 Å². The number of benzene rings is 2. The van der Waals surface area contributed by atoms with E-state index in [0.717, 1.165) is 36.3 Å². The van der Waals surface area contributed by atoms with Crippen LogP contribution in [0.1, 0.15) is 21.5 Å². The molecule has 0 saturated carbocycles. The third-order valence-electron chi connectivity index (χ3n) is 3.36. The molecular formula is C15H10F3NO. The Morgan fingerprint density at radius 3 is 2.65 bits per heavy atom. The van der Waals surface area contributed by atoms with E-state index in [0.29, 0.717) is 0 Å². The normalized spacial score (nSPS) is 12.9. The average Bonchev–Trinajstić information content (AvgIpc) is 2.91. The molecule has 0 amide bonds. The van der Waals surface area contributed by atoms with Gasteiger partial charge in [0, 0.05) is 17.8 Å². The molecule has 0 atom stereocenters. The Labute approximate surface area is 113 Å². The van der Waals surface area contributed by atoms with E-state index in [1.54, 1.807) is 18.2 Å². The third kappa shape index (κ3) is 1.95. The Kier molecular flexibility index (Phi) is 2.97. The van der Waals surface area contributed by atoms with Gasteiger partial charge in [-0.3, -0.25) is 4.79 Å². The van der Waals surface area contributed by atoms with Gasteiger partial charge >= 0.3 is 0 Å². The van der Waals surface area contributed by atoms with Gasteiger partial charge in [-0.2, -0.15) is 0 Å². The molecule has 20 heavy (non-hydrogen) atoms. The highest BCUT2D eigenvalue weighted by Crippen LogP contribution is 2.25. The molecule has 1 N–H and O–H groups in total. The Balaban J connectivity index is 2.03. The molecule has 1 aliphatic heterocycles. The van der Waals surface area contributed by atoms with Crippen LogP contribution in [-0.2, 0) is 6.42 Å². The first-order valence-corrected chi connectivity index (χ1v) is 6.13. The first-order valence-electron chi connectivity index (χ1n) is 6.13. The largest absolute Gasteiger partial charge is 0.384 e. The molecule has 0 aliphatic carbocycles. The van der Waals surface area contributed by atoms with Gasteiger partial charge in [-0.15, -0.1) is 0 Å². The van der Waals surface area contributed by atoms with Gasteiger partial charge in [0.2, 0.25) is 0 Å². The first kappa shape index (κ1) is 12.7. The lowest BCUT2D eigenvalue weighted by atomic mass is 10.0. The summed E-state index contributed by atoms with van der Waals surface area (Å²) >= 11 is 0. The molecule has 0 fully saturated rings. The Bertz CT molecular complexity index is 713. The quantitative estimate of drug-likeness (QED) is 0.674. The van der Waals surface area contributed by atoms with E-state index in [4.69, 9.17) is 0 Å². The zero-order chi connectivity index (χ0) is 14.3. The summed E-state index contributed by atoms with van der Waals surface area (Å²) in [7, 11) is 0. The van der Waals surface area contributed by atoms with Gasteiger partial charge < -0.3 is 5.32 Å². The zero-order valence-electron chi connectivity index (χ0n) is 10.3. The Morgan fingerprint density at radius 1 is 1.05 bits per heavy atom. The molecule has 0 aromatic heterocycles. The number of ketones is 1. The summed E-state index contributed by atoms with van der Waals surface area (Å²) in [5.41, 5.74) is 1.66. The summed E-state index contributed by atoms with van der Waals surface area (Å²) in [6, 6.07) is 6.65. The second kappa shape index (κ2) is 4.67. The molecule has 0 saturated heterocycles. The van der Waals surface area contributed by atoms with Gasteiger partial charge in [0.25, 0.3) is 0 Å². The van der Waals surface area contributed by atoms with Crippen molar-refractivity contribution >= 4 is 11.5 Å². The van der Waals surface area contributed by atoms with Crippen molar-refractivity contribution in [3.63, 3.8) is 0 Å². The van der Waals surface area contributed by atoms with Crippen LogP contribution >= 0.6 is 0 Å². The lowest BCUT2D eigenvalue weighted by Crippen LogP contribution is -2.07. The van der Waals surface area contributed by atoms with Crippen molar-refractivity contribution in [3.8, 4) is 0 Å². The van der Waals surface area contributed by atoms with E-state index in [-0.39, 0.29) is 5.56 Å². The maximum absolute atomic E-state index is 13.6. The van der Waals surface area contributed by atoms with Crippen LogP contribution in [0.25, 0.3) is 0 Å². The minimum atomic E-state index is -1.63. The highest BCUT2D eigenvalue weighted by atomic mass is 19.2. The van der Waals surface area contributed by atoms with Crippen molar-refractivity contribution in [2.24, 2.45) is 0 Å². The van der Waals surface area contributed by atoms with E-state index in [1.165, 1.54) is 0 Å². The number of hydrogen-bond donors (Lipinski definition) is 1. The van der Waals surface area contributed by atoms with Gasteiger partial charge in [-0.1, -0.05) is 12.1 Å². The SMILES string of the molecule is O=C(c1ccc2c(c1)NCC2)c1ccc(F)c(F)c1F. The Morgan fingerprint density at radius 2 is 1.85 bits per heavy atom. The van der Waals surface area contributed by atoms with Gasteiger partial charge in [0.05, 0.1) is 5.56 Å². The molecule has 2 nitrogen and oxygen atoms in total. The minimum absolute atomic E-state index is 0.239. The van der Waals surface area contributed by atoms with Crippen molar-refractivity contribution in [1.29, 1.82) is 0 Å². The van der Waals surface area contributed by atoms with Gasteiger partial charge in [-0.05, 0) is 30.2 Å². The predicted molar refractivity (Wildman–Crippen MR) is 68.4 cm³/mol. The minimum Gasteiger partial charge on any atom is -0.384 e. The molecule has 0 unspecified atom stereocenters. The number of halogens is 3. The number of nitrogens with one attached hydrogen (secondary N) is 1. The van der Waals surface area contributed by atoms with Gasteiger partial charge in [0.15, 0.2) is 23.2 Å². The number of carbonyl (C=O) groups is 1. The molecular weight excluding hydrogens is 267 g/mol. The van der Waals surface area contributed by atoms with Gasteiger partial charge in [-0.25, -0.2) is 13.2 Å². The highest BCUT2D eigenvalue weighted by Gasteiger charge is 2.21. The topological polar surface area (TPSA) is 29.1 Å². The van der Waals surface area contributed by atoms with Crippen LogP contribution in [-0.4, -0.2) is 12.3 Å². The summed E-state index contributed by atoms with van der Waals surface area (Å²) in [6.45, 7) is 0.784. The van der Waals surface area contributed by atoms with E-state index in [2.05, 4.69) is 5.32 Å². The second-order valence-electron chi connectivity index (χ2n) is 4.60. The second-order valence-corrected chi connectivity index (χ2v) is 4.60. The van der Waals surface area contributed by atoms with Crippen LogP contribution in [0.3, 0.4) is 0 Å². The summed E-state index contributed by atoms with van der Waals surface area (Å²) < 4.78 is 39.7. The van der Waals surface area contributed by atoms with Crippen LogP contribution in [0.15, 0.2) is 30.3 Å². The number of hydrogen-bond acceptors (Lipinski definition) is 2. The van der Waals surface area contributed by atoms with Crippen molar-refractivity contribution in [1.82, 2.24) is 0 Å². The van der Waals surface area contributed by atoms with Crippen LogP contribution in [0, 0.1) is 17.5 Å². The third-order valence-corrected chi connectivity index (χ3v) is 3.36. The summed E-state index contributed by atoms with van der Waals surface area (Å²) in [5, 5.41) is 3.10. The van der Waals surface area contributed by atoms with Crippen LogP contribution < -0.4 is 5.32 Å². The molecule has 5 heteroatoms. The molecule has 0 bridgehead atoms. The lowest BCUT2D eigenvalue weighted by Gasteiger charge is -2.06. The molecule has 102 valence electrons. The molecule has 0 spiro atoms. The van der Waals surface area contributed by atoms with E-state index < -0.39 is 28.8 Å². The average molecular weight is 277 g/mol. The van der Waals surface area contributed by atoms with E-state index >= 15 is 0 Å². The van der Waals surface area contributed by atoms with Crippen molar-refractivity contribution in [3.05, 3.63) is 64.5 Å². The number of rotatable bonds is 2. The standard InChI is InChI=1S/C15H10F3NO/c16-11-4-3-10(13(17)14(11)18)15(20)9-2-1-8-5-6-19-12(8)7-9/h1-4,7,19H,5-6H2. The summed E-state index contributed by atoms with van der Waals surface area (Å²) in [4.78, 5) is 12.2. The molecule has 2 aromatic rings. The lowest BCUT2D eigenvalue weighted by molar-refractivity contribution is 0.103. The highest BCUT2D eigenvalue weighted by molar-refractivity contribution is 6.09. The van der Waals surface area contributed by atoms with Crippen molar-refractivity contribution in [2.45, 2.75) is 6.42 Å². The molecule has 0 radical (unpaired) electrons. The fourth-order valence-corrected chi connectivity index (χ4v) is 2.29. The molecule has 2 aromatic carbocycles. The predicted octanol–water partition coefficient (Wildman–Crippen LogP) is 3.30. The number of anilines is 1. The fraction of sp³-hybridized carbons (Fsp3) is 0.133. The van der Waals surface area contributed by atoms with Crippen LogP contribution in [0.2, 0.25) is 0 Å². The van der Waals surface area contributed by atoms with Crippen LogP contribution in [0.4, 0.5) is 18.9 Å². The fourth-order valence-electron chi connectivity index (χ4n) is 2.29. The van der Waals surface area contributed by atoms with E-state index in [1.807, 2.05) is 0 Å². The number of carbonyl (C=O) groups excluding carboxylic acids is 1. The number of fused-ring (bicyclic) bond motifs is 1.